The molecule has 3 aromatic carbocycles. The summed E-state index contributed by atoms with van der Waals surface area (Å²) in [7, 11) is 1.51. The van der Waals surface area contributed by atoms with Crippen LogP contribution in [0.2, 0.25) is 0 Å². The van der Waals surface area contributed by atoms with Crippen LogP contribution >= 0.6 is 0 Å². The molecule has 0 radical (unpaired) electrons. The smallest absolute Gasteiger partial charge is 0.312 e. The maximum atomic E-state index is 13.1. The molecule has 0 aliphatic carbocycles. The van der Waals surface area contributed by atoms with E-state index in [9.17, 15) is 30.0 Å². The minimum atomic E-state index is -0.912. The zero-order valence-corrected chi connectivity index (χ0v) is 17.7. The third-order valence-electron chi connectivity index (χ3n) is 5.80. The molecule has 0 unspecified atom stereocenters. The molecule has 0 bridgehead atoms. The van der Waals surface area contributed by atoms with Crippen LogP contribution in [-0.4, -0.2) is 33.5 Å². The van der Waals surface area contributed by atoms with Crippen molar-refractivity contribution in [3.05, 3.63) is 69.9 Å². The van der Waals surface area contributed by atoms with Crippen molar-refractivity contribution in [2.45, 2.75) is 12.3 Å². The van der Waals surface area contributed by atoms with Crippen LogP contribution in [-0.2, 0) is 4.79 Å². The summed E-state index contributed by atoms with van der Waals surface area (Å²) in [6, 6.07) is 11.8. The molecule has 0 saturated carbocycles. The fourth-order valence-electron chi connectivity index (χ4n) is 4.18. The molecule has 172 valence electrons. The van der Waals surface area contributed by atoms with Gasteiger partial charge in [0.2, 0.25) is 11.2 Å². The number of aromatic hydroxyl groups is 4. The Morgan fingerprint density at radius 2 is 1.74 bits per heavy atom. The van der Waals surface area contributed by atoms with Gasteiger partial charge in [-0.2, -0.15) is 0 Å². The molecule has 1 aromatic heterocycles. The molecular formula is C25H18O9. The SMILES string of the molecule is COc1cccc([C@H]2CC(=O)Oc3cc(O)c4c(=O)c(O)c(-c5ccc(O)c(O)c5)oc4c32)c1. The number of benzene rings is 3. The Kier molecular flexibility index (Phi) is 4.82. The van der Waals surface area contributed by atoms with Crippen LogP contribution in [0.15, 0.2) is 57.7 Å². The summed E-state index contributed by atoms with van der Waals surface area (Å²) in [5.41, 5.74) is 0.131. The molecular weight excluding hydrogens is 444 g/mol. The van der Waals surface area contributed by atoms with Crippen molar-refractivity contribution in [1.29, 1.82) is 0 Å². The molecule has 4 aromatic rings. The normalized spacial score (nSPS) is 15.1. The largest absolute Gasteiger partial charge is 0.507 e. The van der Waals surface area contributed by atoms with E-state index < -0.39 is 40.3 Å². The van der Waals surface area contributed by atoms with E-state index in [1.165, 1.54) is 19.2 Å². The van der Waals surface area contributed by atoms with Gasteiger partial charge in [-0.15, -0.1) is 0 Å². The van der Waals surface area contributed by atoms with Gasteiger partial charge in [0.25, 0.3) is 0 Å². The first-order valence-corrected chi connectivity index (χ1v) is 10.2. The first kappa shape index (κ1) is 21.2. The zero-order chi connectivity index (χ0) is 24.1. The van der Waals surface area contributed by atoms with E-state index >= 15 is 0 Å². The summed E-state index contributed by atoms with van der Waals surface area (Å²) in [5.74, 6) is -3.07. The Balaban J connectivity index is 1.85. The Morgan fingerprint density at radius 3 is 2.47 bits per heavy atom. The number of carbonyl (C=O) groups is 1. The number of hydrogen-bond acceptors (Lipinski definition) is 9. The van der Waals surface area contributed by atoms with Crippen LogP contribution in [0, 0.1) is 0 Å². The van der Waals surface area contributed by atoms with Gasteiger partial charge in [0.15, 0.2) is 17.3 Å². The summed E-state index contributed by atoms with van der Waals surface area (Å²) in [5, 5.41) is 40.3. The highest BCUT2D eigenvalue weighted by molar-refractivity contribution is 5.94. The van der Waals surface area contributed by atoms with Crippen LogP contribution in [0.4, 0.5) is 0 Å². The maximum absolute atomic E-state index is 13.1. The fraction of sp³-hybridized carbons (Fsp3) is 0.120. The Bertz CT molecular complexity index is 1530. The second-order valence-electron chi connectivity index (χ2n) is 7.83. The van der Waals surface area contributed by atoms with Crippen LogP contribution < -0.4 is 14.9 Å². The van der Waals surface area contributed by atoms with Gasteiger partial charge in [-0.1, -0.05) is 12.1 Å². The minimum Gasteiger partial charge on any atom is -0.507 e. The molecule has 0 saturated heterocycles. The topological polar surface area (TPSA) is 147 Å². The zero-order valence-electron chi connectivity index (χ0n) is 17.7. The second kappa shape index (κ2) is 7.73. The highest BCUT2D eigenvalue weighted by Crippen LogP contribution is 2.47. The first-order valence-electron chi connectivity index (χ1n) is 10.2. The lowest BCUT2D eigenvalue weighted by Crippen LogP contribution is -2.22. The average molecular weight is 462 g/mol. The van der Waals surface area contributed by atoms with E-state index in [2.05, 4.69) is 0 Å². The standard InChI is InChI=1S/C25H18O9/c1-32-13-4-2-3-11(7-13)14-9-19(29)33-18-10-17(28)21-22(30)23(31)24(34-25(21)20(14)18)12-5-6-15(26)16(27)8-12/h2-8,10,14,26-28,31H,9H2,1H3/t14-/m1/s1. The van der Waals surface area contributed by atoms with Crippen LogP contribution in [0.1, 0.15) is 23.5 Å². The third-order valence-corrected chi connectivity index (χ3v) is 5.80. The fourth-order valence-corrected chi connectivity index (χ4v) is 4.18. The number of phenols is 3. The highest BCUT2D eigenvalue weighted by Gasteiger charge is 2.34. The molecule has 1 atom stereocenters. The lowest BCUT2D eigenvalue weighted by molar-refractivity contribution is -0.135. The van der Waals surface area contributed by atoms with E-state index in [0.717, 1.165) is 12.1 Å². The average Bonchev–Trinajstić information content (AvgIpc) is 2.82. The van der Waals surface area contributed by atoms with Gasteiger partial charge in [0, 0.05) is 23.1 Å². The van der Waals surface area contributed by atoms with Crippen molar-refractivity contribution in [2.75, 3.05) is 7.11 Å². The van der Waals surface area contributed by atoms with E-state index in [-0.39, 0.29) is 34.5 Å². The van der Waals surface area contributed by atoms with Gasteiger partial charge < -0.3 is 34.3 Å². The summed E-state index contributed by atoms with van der Waals surface area (Å²) in [4.78, 5) is 25.5. The van der Waals surface area contributed by atoms with E-state index in [0.29, 0.717) is 16.9 Å². The van der Waals surface area contributed by atoms with Crippen molar-refractivity contribution < 1.29 is 39.1 Å². The molecule has 4 N–H and O–H groups in total. The number of ether oxygens (including phenoxy) is 2. The predicted molar refractivity (Wildman–Crippen MR) is 120 cm³/mol. The van der Waals surface area contributed by atoms with Crippen molar-refractivity contribution in [3.63, 3.8) is 0 Å². The van der Waals surface area contributed by atoms with Gasteiger partial charge in [-0.25, -0.2) is 0 Å². The third kappa shape index (κ3) is 3.25. The number of carbonyl (C=O) groups excluding carboxylic acids is 1. The summed E-state index contributed by atoms with van der Waals surface area (Å²) < 4.78 is 16.6. The number of esters is 1. The van der Waals surface area contributed by atoms with Gasteiger partial charge in [0.1, 0.15) is 28.2 Å². The van der Waals surface area contributed by atoms with E-state index in [4.69, 9.17) is 13.9 Å². The molecule has 9 nitrogen and oxygen atoms in total. The summed E-state index contributed by atoms with van der Waals surface area (Å²) >= 11 is 0. The summed E-state index contributed by atoms with van der Waals surface area (Å²) in [6.07, 6.45) is -0.0695. The molecule has 5 rings (SSSR count). The number of hydrogen-bond donors (Lipinski definition) is 4. The van der Waals surface area contributed by atoms with Crippen molar-refractivity contribution in [2.24, 2.45) is 0 Å². The molecule has 0 fully saturated rings. The molecule has 0 spiro atoms. The molecule has 1 aliphatic rings. The number of phenolic OH excluding ortho intramolecular Hbond substituents is 3. The second-order valence-corrected chi connectivity index (χ2v) is 7.83. The molecule has 9 heteroatoms. The minimum absolute atomic E-state index is 0.0161. The summed E-state index contributed by atoms with van der Waals surface area (Å²) in [6.45, 7) is 0. The Hall–Kier alpha value is -4.66. The van der Waals surface area contributed by atoms with Gasteiger partial charge in [0.05, 0.1) is 13.5 Å². The van der Waals surface area contributed by atoms with Crippen molar-refractivity contribution in [1.82, 2.24) is 0 Å². The van der Waals surface area contributed by atoms with E-state index in [1.807, 2.05) is 0 Å². The molecule has 2 heterocycles. The van der Waals surface area contributed by atoms with Gasteiger partial charge in [-0.3, -0.25) is 9.59 Å². The van der Waals surface area contributed by atoms with Gasteiger partial charge in [-0.05, 0) is 35.9 Å². The quantitative estimate of drug-likeness (QED) is 0.203. The first-order chi connectivity index (χ1) is 16.3. The van der Waals surface area contributed by atoms with Crippen molar-refractivity contribution >= 4 is 16.9 Å². The van der Waals surface area contributed by atoms with Crippen LogP contribution in [0.5, 0.6) is 34.5 Å². The number of fused-ring (bicyclic) bond motifs is 3. The maximum Gasteiger partial charge on any atom is 0.312 e. The Labute approximate surface area is 191 Å². The van der Waals surface area contributed by atoms with E-state index in [1.54, 1.807) is 24.3 Å². The Morgan fingerprint density at radius 1 is 0.941 bits per heavy atom. The molecule has 0 amide bonds. The lowest BCUT2D eigenvalue weighted by atomic mass is 9.85. The van der Waals surface area contributed by atoms with Crippen molar-refractivity contribution in [3.8, 4) is 45.8 Å². The van der Waals surface area contributed by atoms with Crippen LogP contribution in [0.25, 0.3) is 22.3 Å². The van der Waals surface area contributed by atoms with Crippen LogP contribution in [0.3, 0.4) is 0 Å². The monoisotopic (exact) mass is 462 g/mol. The lowest BCUT2D eigenvalue weighted by Gasteiger charge is -2.26. The molecule has 34 heavy (non-hydrogen) atoms. The number of methoxy groups -OCH3 is 1. The number of rotatable bonds is 3. The van der Waals surface area contributed by atoms with Gasteiger partial charge >= 0.3 is 5.97 Å². The highest BCUT2D eigenvalue weighted by atomic mass is 16.5. The predicted octanol–water partition coefficient (Wildman–Crippen LogP) is 3.73. The molecule has 1 aliphatic heterocycles.